The summed E-state index contributed by atoms with van der Waals surface area (Å²) >= 11 is 6.96. The number of halogens is 1. The van der Waals surface area contributed by atoms with Gasteiger partial charge in [-0.3, -0.25) is 0 Å². The average molecular weight is 317 g/mol. The van der Waals surface area contributed by atoms with E-state index in [9.17, 15) is 0 Å². The summed E-state index contributed by atoms with van der Waals surface area (Å²) < 4.78 is 1.17. The van der Waals surface area contributed by atoms with Gasteiger partial charge in [0.05, 0.1) is 5.01 Å². The Morgan fingerprint density at radius 1 is 1.50 bits per heavy atom. The molecule has 2 nitrogen and oxygen atoms in total. The van der Waals surface area contributed by atoms with Gasteiger partial charge < -0.3 is 5.32 Å². The van der Waals surface area contributed by atoms with Crippen LogP contribution in [0.4, 0.5) is 0 Å². The van der Waals surface area contributed by atoms with Crippen molar-refractivity contribution in [3.05, 3.63) is 37.4 Å². The van der Waals surface area contributed by atoms with Crippen LogP contribution in [0, 0.1) is 0 Å². The Morgan fingerprint density at radius 2 is 2.38 bits per heavy atom. The van der Waals surface area contributed by atoms with Gasteiger partial charge in [0.1, 0.15) is 0 Å². The second-order valence-electron chi connectivity index (χ2n) is 3.63. The van der Waals surface area contributed by atoms with E-state index < -0.39 is 0 Å². The fraction of sp³-hybridized carbons (Fsp3) is 0.364. The van der Waals surface area contributed by atoms with E-state index in [0.29, 0.717) is 5.92 Å². The summed E-state index contributed by atoms with van der Waals surface area (Å²) in [6.45, 7) is 4.12. The first-order valence-corrected chi connectivity index (χ1v) is 7.64. The number of aromatic nitrogens is 1. The van der Waals surface area contributed by atoms with Crippen LogP contribution in [-0.4, -0.2) is 11.5 Å². The van der Waals surface area contributed by atoms with E-state index in [4.69, 9.17) is 0 Å². The van der Waals surface area contributed by atoms with Crippen molar-refractivity contribution in [2.75, 3.05) is 6.54 Å². The van der Waals surface area contributed by atoms with Crippen molar-refractivity contribution in [1.82, 2.24) is 10.3 Å². The molecule has 1 N–H and O–H groups in total. The van der Waals surface area contributed by atoms with Gasteiger partial charge >= 0.3 is 0 Å². The van der Waals surface area contributed by atoms with Gasteiger partial charge in [-0.05, 0) is 22.0 Å². The van der Waals surface area contributed by atoms with Crippen molar-refractivity contribution < 1.29 is 0 Å². The first-order valence-electron chi connectivity index (χ1n) is 5.08. The molecular formula is C11H13BrN2S2. The highest BCUT2D eigenvalue weighted by molar-refractivity contribution is 9.10. The molecule has 0 saturated carbocycles. The van der Waals surface area contributed by atoms with Crippen molar-refractivity contribution in [3.8, 4) is 0 Å². The minimum Gasteiger partial charge on any atom is -0.311 e. The molecule has 0 aromatic carbocycles. The first kappa shape index (κ1) is 12.2. The monoisotopic (exact) mass is 316 g/mol. The summed E-state index contributed by atoms with van der Waals surface area (Å²) in [5, 5.41) is 8.81. The van der Waals surface area contributed by atoms with Crippen LogP contribution in [0.3, 0.4) is 0 Å². The molecule has 0 spiro atoms. The number of thiazole rings is 1. The van der Waals surface area contributed by atoms with Gasteiger partial charge in [0.25, 0.3) is 0 Å². The highest BCUT2D eigenvalue weighted by atomic mass is 79.9. The summed E-state index contributed by atoms with van der Waals surface area (Å²) in [4.78, 5) is 5.68. The Morgan fingerprint density at radius 3 is 3.00 bits per heavy atom. The van der Waals surface area contributed by atoms with Gasteiger partial charge in [-0.1, -0.05) is 6.92 Å². The van der Waals surface area contributed by atoms with Crippen LogP contribution in [0.25, 0.3) is 0 Å². The zero-order valence-electron chi connectivity index (χ0n) is 8.94. The number of hydrogen-bond donors (Lipinski definition) is 1. The molecule has 0 saturated heterocycles. The molecular weight excluding hydrogens is 304 g/mol. The molecule has 5 heteroatoms. The highest BCUT2D eigenvalue weighted by Crippen LogP contribution is 2.20. The second-order valence-corrected chi connectivity index (χ2v) is 6.47. The Bertz CT molecular complexity index is 425. The maximum Gasteiger partial charge on any atom is 0.0965 e. The molecule has 0 aliphatic heterocycles. The van der Waals surface area contributed by atoms with Crippen LogP contribution in [0.2, 0.25) is 0 Å². The van der Waals surface area contributed by atoms with E-state index in [1.54, 1.807) is 22.7 Å². The zero-order chi connectivity index (χ0) is 11.4. The fourth-order valence-electron chi connectivity index (χ4n) is 1.42. The summed E-state index contributed by atoms with van der Waals surface area (Å²) in [5.41, 5.74) is 0. The molecule has 0 bridgehead atoms. The Kier molecular flexibility index (Phi) is 4.52. The molecule has 2 aromatic heterocycles. The van der Waals surface area contributed by atoms with Crippen LogP contribution in [0.15, 0.2) is 27.5 Å². The van der Waals surface area contributed by atoms with Crippen molar-refractivity contribution in [2.45, 2.75) is 19.4 Å². The SMILES string of the molecule is CC(CNCc1cc(Br)cs1)c1nccs1. The van der Waals surface area contributed by atoms with E-state index in [1.807, 2.05) is 11.6 Å². The first-order chi connectivity index (χ1) is 7.75. The Balaban J connectivity index is 1.76. The number of thiophene rings is 1. The summed E-state index contributed by atoms with van der Waals surface area (Å²) in [6, 6.07) is 2.16. The van der Waals surface area contributed by atoms with Crippen molar-refractivity contribution in [2.24, 2.45) is 0 Å². The summed E-state index contributed by atoms with van der Waals surface area (Å²) in [5.74, 6) is 0.489. The molecule has 0 fully saturated rings. The smallest absolute Gasteiger partial charge is 0.0965 e. The highest BCUT2D eigenvalue weighted by Gasteiger charge is 2.07. The Hall–Kier alpha value is -0.230. The molecule has 2 rings (SSSR count). The maximum atomic E-state index is 4.32. The standard InChI is InChI=1S/C11H13BrN2S2/c1-8(11-14-2-3-15-11)5-13-6-10-4-9(12)7-16-10/h2-4,7-8,13H,5-6H2,1H3. The average Bonchev–Trinajstić information content (AvgIpc) is 2.89. The van der Waals surface area contributed by atoms with Gasteiger partial charge in [-0.15, -0.1) is 22.7 Å². The lowest BCUT2D eigenvalue weighted by atomic mass is 10.2. The third-order valence-corrected chi connectivity index (χ3v) is 4.95. The van der Waals surface area contributed by atoms with E-state index in [-0.39, 0.29) is 0 Å². The lowest BCUT2D eigenvalue weighted by Gasteiger charge is -2.08. The van der Waals surface area contributed by atoms with E-state index in [0.717, 1.165) is 13.1 Å². The predicted octanol–water partition coefficient (Wildman–Crippen LogP) is 3.86. The largest absolute Gasteiger partial charge is 0.311 e. The topological polar surface area (TPSA) is 24.9 Å². The van der Waals surface area contributed by atoms with Crippen molar-refractivity contribution in [3.63, 3.8) is 0 Å². The lowest BCUT2D eigenvalue weighted by molar-refractivity contribution is 0.616. The van der Waals surface area contributed by atoms with Crippen LogP contribution >= 0.6 is 38.6 Å². The second kappa shape index (κ2) is 5.91. The molecule has 86 valence electrons. The molecule has 0 radical (unpaired) electrons. The fourth-order valence-corrected chi connectivity index (χ4v) is 3.54. The van der Waals surface area contributed by atoms with Crippen molar-refractivity contribution >= 4 is 38.6 Å². The van der Waals surface area contributed by atoms with E-state index >= 15 is 0 Å². The molecule has 16 heavy (non-hydrogen) atoms. The lowest BCUT2D eigenvalue weighted by Crippen LogP contribution is -2.18. The van der Waals surface area contributed by atoms with Gasteiger partial charge in [-0.2, -0.15) is 0 Å². The van der Waals surface area contributed by atoms with Gasteiger partial charge in [0, 0.05) is 45.3 Å². The number of nitrogens with one attached hydrogen (secondary N) is 1. The quantitative estimate of drug-likeness (QED) is 0.906. The van der Waals surface area contributed by atoms with Gasteiger partial charge in [0.2, 0.25) is 0 Å². The molecule has 0 aliphatic carbocycles. The van der Waals surface area contributed by atoms with Crippen LogP contribution in [0.5, 0.6) is 0 Å². The number of nitrogens with zero attached hydrogens (tertiary/aromatic N) is 1. The third kappa shape index (κ3) is 3.38. The predicted molar refractivity (Wildman–Crippen MR) is 74.3 cm³/mol. The molecule has 0 aliphatic rings. The zero-order valence-corrected chi connectivity index (χ0v) is 12.2. The number of hydrogen-bond acceptors (Lipinski definition) is 4. The Labute approximate surface area is 112 Å². The summed E-state index contributed by atoms with van der Waals surface area (Å²) in [7, 11) is 0. The molecule has 2 heterocycles. The molecule has 1 atom stereocenters. The van der Waals surface area contributed by atoms with Crippen molar-refractivity contribution in [1.29, 1.82) is 0 Å². The van der Waals surface area contributed by atoms with E-state index in [1.165, 1.54) is 14.4 Å². The van der Waals surface area contributed by atoms with Gasteiger partial charge in [-0.25, -0.2) is 4.98 Å². The van der Waals surface area contributed by atoms with Gasteiger partial charge in [0.15, 0.2) is 0 Å². The minimum atomic E-state index is 0.489. The summed E-state index contributed by atoms with van der Waals surface area (Å²) in [6.07, 6.45) is 1.87. The molecule has 2 aromatic rings. The van der Waals surface area contributed by atoms with E-state index in [2.05, 4.69) is 44.6 Å². The van der Waals surface area contributed by atoms with Crippen LogP contribution in [-0.2, 0) is 6.54 Å². The third-order valence-electron chi connectivity index (χ3n) is 2.24. The number of rotatable bonds is 5. The maximum absolute atomic E-state index is 4.32. The van der Waals surface area contributed by atoms with Crippen LogP contribution in [0.1, 0.15) is 22.7 Å². The molecule has 0 amide bonds. The van der Waals surface area contributed by atoms with Crippen LogP contribution < -0.4 is 5.32 Å². The minimum absolute atomic E-state index is 0.489. The normalized spacial score (nSPS) is 12.9. The molecule has 1 unspecified atom stereocenters.